The molecular formula is C12H10ClN3O2. The summed E-state index contributed by atoms with van der Waals surface area (Å²) in [6, 6.07) is 11.7. The second-order valence-corrected chi connectivity index (χ2v) is 4.01. The molecule has 0 aliphatic carbocycles. The highest BCUT2D eigenvalue weighted by molar-refractivity contribution is 6.29. The molecule has 1 aromatic carbocycles. The monoisotopic (exact) mass is 263 g/mol. The average Bonchev–Trinajstić information content (AvgIpc) is 2.37. The van der Waals surface area contributed by atoms with Crippen LogP contribution in [0.15, 0.2) is 42.5 Å². The van der Waals surface area contributed by atoms with Crippen LogP contribution >= 0.6 is 11.6 Å². The van der Waals surface area contributed by atoms with E-state index in [0.29, 0.717) is 17.5 Å². The van der Waals surface area contributed by atoms with E-state index in [1.165, 1.54) is 12.1 Å². The van der Waals surface area contributed by atoms with E-state index in [-0.39, 0.29) is 5.69 Å². The lowest BCUT2D eigenvalue weighted by atomic mass is 10.2. The van der Waals surface area contributed by atoms with Gasteiger partial charge in [-0.2, -0.15) is 0 Å². The van der Waals surface area contributed by atoms with Crippen LogP contribution in [0, 0.1) is 10.1 Å². The van der Waals surface area contributed by atoms with Crippen molar-refractivity contribution >= 4 is 23.1 Å². The fraction of sp³-hybridized carbons (Fsp3) is 0.0833. The molecule has 0 bridgehead atoms. The van der Waals surface area contributed by atoms with Gasteiger partial charge in [-0.3, -0.25) is 10.1 Å². The van der Waals surface area contributed by atoms with Crippen molar-refractivity contribution in [2.24, 2.45) is 0 Å². The van der Waals surface area contributed by atoms with Crippen LogP contribution in [0.3, 0.4) is 0 Å². The van der Waals surface area contributed by atoms with Crippen LogP contribution in [0.5, 0.6) is 0 Å². The highest BCUT2D eigenvalue weighted by atomic mass is 35.5. The number of non-ortho nitro benzene ring substituents is 1. The first-order valence-corrected chi connectivity index (χ1v) is 5.63. The topological polar surface area (TPSA) is 68.1 Å². The molecule has 0 radical (unpaired) electrons. The molecule has 0 spiro atoms. The number of hydrogen-bond acceptors (Lipinski definition) is 4. The zero-order valence-electron chi connectivity index (χ0n) is 9.34. The minimum absolute atomic E-state index is 0.0772. The number of pyridine rings is 1. The molecule has 1 N–H and O–H groups in total. The average molecular weight is 264 g/mol. The number of nitro benzene ring substituents is 1. The van der Waals surface area contributed by atoms with Crippen LogP contribution in [-0.2, 0) is 6.54 Å². The maximum Gasteiger partial charge on any atom is 0.269 e. The van der Waals surface area contributed by atoms with Crippen molar-refractivity contribution in [1.29, 1.82) is 0 Å². The summed E-state index contributed by atoms with van der Waals surface area (Å²) in [5, 5.41) is 14.1. The van der Waals surface area contributed by atoms with Gasteiger partial charge in [-0.15, -0.1) is 0 Å². The summed E-state index contributed by atoms with van der Waals surface area (Å²) in [4.78, 5) is 14.3. The van der Waals surface area contributed by atoms with Crippen LogP contribution in [0.25, 0.3) is 0 Å². The number of hydrogen-bond donors (Lipinski definition) is 1. The van der Waals surface area contributed by atoms with Crippen LogP contribution < -0.4 is 5.32 Å². The van der Waals surface area contributed by atoms with Crippen molar-refractivity contribution in [3.8, 4) is 0 Å². The second-order valence-electron chi connectivity index (χ2n) is 3.63. The largest absolute Gasteiger partial charge is 0.366 e. The summed E-state index contributed by atoms with van der Waals surface area (Å²) in [6.45, 7) is 0.453. The third-order valence-electron chi connectivity index (χ3n) is 2.31. The van der Waals surface area contributed by atoms with Gasteiger partial charge >= 0.3 is 0 Å². The number of aromatic nitrogens is 1. The fourth-order valence-corrected chi connectivity index (χ4v) is 1.64. The van der Waals surface area contributed by atoms with E-state index in [1.807, 2.05) is 6.07 Å². The molecule has 92 valence electrons. The van der Waals surface area contributed by atoms with Crippen molar-refractivity contribution in [2.45, 2.75) is 6.54 Å². The molecule has 0 aliphatic rings. The quantitative estimate of drug-likeness (QED) is 0.522. The molecule has 2 rings (SSSR count). The lowest BCUT2D eigenvalue weighted by Crippen LogP contribution is -2.01. The number of benzene rings is 1. The molecule has 0 saturated heterocycles. The van der Waals surface area contributed by atoms with E-state index in [4.69, 9.17) is 11.6 Å². The third kappa shape index (κ3) is 3.18. The lowest BCUT2D eigenvalue weighted by molar-refractivity contribution is -0.384. The van der Waals surface area contributed by atoms with E-state index >= 15 is 0 Å². The van der Waals surface area contributed by atoms with E-state index in [9.17, 15) is 10.1 Å². The molecule has 0 unspecified atom stereocenters. The molecule has 5 nitrogen and oxygen atoms in total. The Labute approximate surface area is 109 Å². The van der Waals surface area contributed by atoms with Crippen LogP contribution in [0.2, 0.25) is 5.15 Å². The Balaban J connectivity index is 2.06. The summed E-state index contributed by atoms with van der Waals surface area (Å²) < 4.78 is 0. The minimum Gasteiger partial charge on any atom is -0.366 e. The highest BCUT2D eigenvalue weighted by Gasteiger charge is 2.05. The molecule has 0 saturated carbocycles. The molecule has 0 amide bonds. The lowest BCUT2D eigenvalue weighted by Gasteiger charge is -2.05. The van der Waals surface area contributed by atoms with Crippen LogP contribution in [-0.4, -0.2) is 9.91 Å². The zero-order chi connectivity index (χ0) is 13.0. The number of halogens is 1. The molecule has 6 heteroatoms. The predicted octanol–water partition coefficient (Wildman–Crippen LogP) is 3.26. The number of rotatable bonds is 4. The van der Waals surface area contributed by atoms with Crippen molar-refractivity contribution in [2.75, 3.05) is 5.32 Å². The Morgan fingerprint density at radius 1 is 1.28 bits per heavy atom. The Kier molecular flexibility index (Phi) is 3.74. The zero-order valence-corrected chi connectivity index (χ0v) is 10.1. The van der Waals surface area contributed by atoms with Gasteiger partial charge in [0.15, 0.2) is 0 Å². The summed E-state index contributed by atoms with van der Waals surface area (Å²) in [5.41, 5.74) is 0.888. The van der Waals surface area contributed by atoms with Gasteiger partial charge in [0.2, 0.25) is 0 Å². The Hall–Kier alpha value is -2.14. The SMILES string of the molecule is O=[N+]([O-])c1cccc(CNc2cccc(Cl)n2)c1. The first-order chi connectivity index (χ1) is 8.65. The van der Waals surface area contributed by atoms with Gasteiger partial charge in [0.05, 0.1) is 4.92 Å². The van der Waals surface area contributed by atoms with Crippen LogP contribution in [0.1, 0.15) is 5.56 Å². The Morgan fingerprint density at radius 3 is 2.78 bits per heavy atom. The molecule has 1 heterocycles. The first kappa shape index (κ1) is 12.3. The van der Waals surface area contributed by atoms with Gasteiger partial charge in [0.1, 0.15) is 11.0 Å². The normalized spacial score (nSPS) is 10.1. The predicted molar refractivity (Wildman–Crippen MR) is 69.7 cm³/mol. The molecule has 0 atom stereocenters. The van der Waals surface area contributed by atoms with Crippen molar-refractivity contribution < 1.29 is 4.92 Å². The number of nitrogens with zero attached hydrogens (tertiary/aromatic N) is 2. The Morgan fingerprint density at radius 2 is 2.06 bits per heavy atom. The summed E-state index contributed by atoms with van der Waals surface area (Å²) >= 11 is 5.75. The van der Waals surface area contributed by atoms with Crippen LogP contribution in [0.4, 0.5) is 11.5 Å². The second kappa shape index (κ2) is 5.46. The third-order valence-corrected chi connectivity index (χ3v) is 2.52. The summed E-state index contributed by atoms with van der Waals surface area (Å²) in [7, 11) is 0. The minimum atomic E-state index is -0.416. The Bertz CT molecular complexity index is 575. The molecule has 0 fully saturated rings. The summed E-state index contributed by atoms with van der Waals surface area (Å²) in [5.74, 6) is 0.633. The standard InChI is InChI=1S/C12H10ClN3O2/c13-11-5-2-6-12(15-11)14-8-9-3-1-4-10(7-9)16(17)18/h1-7H,8H2,(H,14,15). The molecular weight excluding hydrogens is 254 g/mol. The summed E-state index contributed by atoms with van der Waals surface area (Å²) in [6.07, 6.45) is 0. The highest BCUT2D eigenvalue weighted by Crippen LogP contribution is 2.15. The van der Waals surface area contributed by atoms with Gasteiger partial charge in [-0.1, -0.05) is 29.8 Å². The van der Waals surface area contributed by atoms with Gasteiger partial charge in [0.25, 0.3) is 5.69 Å². The number of anilines is 1. The maximum absolute atomic E-state index is 10.6. The smallest absolute Gasteiger partial charge is 0.269 e. The molecule has 1 aromatic heterocycles. The molecule has 0 aliphatic heterocycles. The fourth-order valence-electron chi connectivity index (χ4n) is 1.48. The van der Waals surface area contributed by atoms with E-state index < -0.39 is 4.92 Å². The van der Waals surface area contributed by atoms with Gasteiger partial charge in [-0.05, 0) is 17.7 Å². The number of nitro groups is 1. The van der Waals surface area contributed by atoms with Gasteiger partial charge in [0, 0.05) is 18.7 Å². The number of nitrogens with one attached hydrogen (secondary N) is 1. The van der Waals surface area contributed by atoms with E-state index in [1.54, 1.807) is 24.3 Å². The van der Waals surface area contributed by atoms with Crippen molar-refractivity contribution in [3.63, 3.8) is 0 Å². The van der Waals surface area contributed by atoms with Crippen molar-refractivity contribution in [3.05, 3.63) is 63.3 Å². The van der Waals surface area contributed by atoms with Crippen molar-refractivity contribution in [1.82, 2.24) is 4.98 Å². The van der Waals surface area contributed by atoms with Gasteiger partial charge in [-0.25, -0.2) is 4.98 Å². The molecule has 18 heavy (non-hydrogen) atoms. The molecule has 2 aromatic rings. The van der Waals surface area contributed by atoms with Gasteiger partial charge < -0.3 is 5.32 Å². The van der Waals surface area contributed by atoms with E-state index in [0.717, 1.165) is 5.56 Å². The maximum atomic E-state index is 10.6. The first-order valence-electron chi connectivity index (χ1n) is 5.25. The van der Waals surface area contributed by atoms with E-state index in [2.05, 4.69) is 10.3 Å².